The van der Waals surface area contributed by atoms with Crippen LogP contribution in [0.2, 0.25) is 0 Å². The van der Waals surface area contributed by atoms with Crippen molar-refractivity contribution in [3.05, 3.63) is 0 Å². The van der Waals surface area contributed by atoms with Gasteiger partial charge in [0.2, 0.25) is 11.8 Å². The molecule has 0 aliphatic rings. The van der Waals surface area contributed by atoms with Gasteiger partial charge in [0.25, 0.3) is 0 Å². The average molecular weight is 245 g/mol. The molecular weight excluding hydrogens is 226 g/mol. The first kappa shape index (κ1) is 15.4. The van der Waals surface area contributed by atoms with Crippen molar-refractivity contribution in [2.24, 2.45) is 11.5 Å². The van der Waals surface area contributed by atoms with Crippen LogP contribution in [-0.4, -0.2) is 35.0 Å². The second kappa shape index (κ2) is 7.61. The van der Waals surface area contributed by atoms with Gasteiger partial charge in [0, 0.05) is 0 Å². The van der Waals surface area contributed by atoms with Crippen molar-refractivity contribution in [3.63, 3.8) is 0 Å². The highest BCUT2D eigenvalue weighted by Gasteiger charge is 2.22. The summed E-state index contributed by atoms with van der Waals surface area (Å²) in [5.41, 5.74) is 10.5. The molecule has 0 fully saturated rings. The maximum Gasteiger partial charge on any atom is 0.305 e. The van der Waals surface area contributed by atoms with E-state index in [2.05, 4.69) is 5.32 Å². The van der Waals surface area contributed by atoms with Crippen LogP contribution in [0, 0.1) is 0 Å². The van der Waals surface area contributed by atoms with Gasteiger partial charge in [0.1, 0.15) is 6.04 Å². The number of carbonyl (C=O) groups is 3. The highest BCUT2D eigenvalue weighted by Crippen LogP contribution is 2.01. The standard InChI is InChI=1S/C10H19N3O4/c1-2-3-4-7(9(12)16)13-10(17)6(11)5-8(14)15/h6-7H,2-5,11H2,1H3,(H2,12,16)(H,13,17)(H,14,15)/t6-,7?/m0/s1. The summed E-state index contributed by atoms with van der Waals surface area (Å²) in [6, 6.07) is -1.96. The van der Waals surface area contributed by atoms with Gasteiger partial charge in [0.15, 0.2) is 0 Å². The Morgan fingerprint density at radius 2 is 1.94 bits per heavy atom. The number of rotatable bonds is 8. The van der Waals surface area contributed by atoms with Gasteiger partial charge in [-0.15, -0.1) is 0 Å². The normalized spacial score (nSPS) is 13.8. The molecule has 0 aromatic heterocycles. The van der Waals surface area contributed by atoms with Crippen molar-refractivity contribution < 1.29 is 19.5 Å². The van der Waals surface area contributed by atoms with Crippen molar-refractivity contribution in [1.82, 2.24) is 5.32 Å². The minimum Gasteiger partial charge on any atom is -0.481 e. The van der Waals surface area contributed by atoms with Crippen molar-refractivity contribution in [1.29, 1.82) is 0 Å². The maximum atomic E-state index is 11.4. The second-order valence-corrected chi connectivity index (χ2v) is 3.81. The van der Waals surface area contributed by atoms with Gasteiger partial charge in [0.05, 0.1) is 12.5 Å². The van der Waals surface area contributed by atoms with Gasteiger partial charge in [-0.3, -0.25) is 14.4 Å². The van der Waals surface area contributed by atoms with Crippen molar-refractivity contribution in [2.45, 2.75) is 44.7 Å². The summed E-state index contributed by atoms with van der Waals surface area (Å²) < 4.78 is 0. The van der Waals surface area contributed by atoms with Crippen LogP contribution in [0.1, 0.15) is 32.6 Å². The first-order valence-electron chi connectivity index (χ1n) is 5.45. The summed E-state index contributed by atoms with van der Waals surface area (Å²) >= 11 is 0. The van der Waals surface area contributed by atoms with Gasteiger partial charge in [-0.2, -0.15) is 0 Å². The number of aliphatic carboxylic acids is 1. The number of nitrogens with two attached hydrogens (primary N) is 2. The monoisotopic (exact) mass is 245 g/mol. The Labute approximate surface area is 99.5 Å². The summed E-state index contributed by atoms with van der Waals surface area (Å²) in [4.78, 5) is 32.8. The van der Waals surface area contributed by atoms with E-state index in [0.717, 1.165) is 12.8 Å². The Hall–Kier alpha value is -1.63. The molecule has 2 amide bonds. The number of carboxylic acids is 1. The third-order valence-corrected chi connectivity index (χ3v) is 2.24. The quantitative estimate of drug-likeness (QED) is 0.432. The number of hydrogen-bond acceptors (Lipinski definition) is 4. The van der Waals surface area contributed by atoms with Crippen molar-refractivity contribution in [2.75, 3.05) is 0 Å². The molecule has 7 nitrogen and oxygen atoms in total. The van der Waals surface area contributed by atoms with E-state index in [1.54, 1.807) is 0 Å². The van der Waals surface area contributed by atoms with Gasteiger partial charge >= 0.3 is 5.97 Å². The van der Waals surface area contributed by atoms with Gasteiger partial charge in [-0.1, -0.05) is 19.8 Å². The van der Waals surface area contributed by atoms with Gasteiger partial charge in [-0.25, -0.2) is 0 Å². The summed E-state index contributed by atoms with van der Waals surface area (Å²) in [5, 5.41) is 10.8. The SMILES string of the molecule is CCCCC(NC(=O)[C@@H](N)CC(=O)O)C(N)=O. The molecule has 0 rings (SSSR count). The first-order valence-corrected chi connectivity index (χ1v) is 5.45. The molecule has 6 N–H and O–H groups in total. The van der Waals surface area contributed by atoms with Crippen LogP contribution in [0.15, 0.2) is 0 Å². The fourth-order valence-electron chi connectivity index (χ4n) is 1.25. The van der Waals surface area contributed by atoms with Crippen LogP contribution in [-0.2, 0) is 14.4 Å². The smallest absolute Gasteiger partial charge is 0.305 e. The molecule has 98 valence electrons. The molecule has 0 spiro atoms. The van der Waals surface area contributed by atoms with Crippen LogP contribution in [0.4, 0.5) is 0 Å². The molecule has 0 heterocycles. The fraction of sp³-hybridized carbons (Fsp3) is 0.700. The van der Waals surface area contributed by atoms with Crippen molar-refractivity contribution in [3.8, 4) is 0 Å². The predicted octanol–water partition coefficient (Wildman–Crippen LogP) is -1.05. The van der Waals surface area contributed by atoms with E-state index in [1.807, 2.05) is 6.92 Å². The lowest BCUT2D eigenvalue weighted by molar-refractivity contribution is -0.139. The Balaban J connectivity index is 4.29. The van der Waals surface area contributed by atoms with Gasteiger partial charge in [-0.05, 0) is 6.42 Å². The van der Waals surface area contributed by atoms with E-state index in [1.165, 1.54) is 0 Å². The van der Waals surface area contributed by atoms with Crippen LogP contribution < -0.4 is 16.8 Å². The molecule has 7 heteroatoms. The topological polar surface area (TPSA) is 136 Å². The van der Waals surface area contributed by atoms with Gasteiger partial charge < -0.3 is 21.9 Å². The molecule has 0 aromatic carbocycles. The molecule has 2 atom stereocenters. The maximum absolute atomic E-state index is 11.4. The zero-order valence-corrected chi connectivity index (χ0v) is 9.81. The molecular formula is C10H19N3O4. The largest absolute Gasteiger partial charge is 0.481 e. The minimum absolute atomic E-state index is 0.428. The lowest BCUT2D eigenvalue weighted by Crippen LogP contribution is -2.50. The third kappa shape index (κ3) is 6.52. The average Bonchev–Trinajstić information content (AvgIpc) is 2.22. The van der Waals surface area contributed by atoms with Crippen LogP contribution in [0.3, 0.4) is 0 Å². The minimum atomic E-state index is -1.17. The zero-order valence-electron chi connectivity index (χ0n) is 9.81. The first-order chi connectivity index (χ1) is 7.88. The lowest BCUT2D eigenvalue weighted by atomic mass is 10.1. The number of carboxylic acid groups (broad SMARTS) is 1. The van der Waals surface area contributed by atoms with Crippen molar-refractivity contribution >= 4 is 17.8 Å². The molecule has 0 aliphatic heterocycles. The number of primary amides is 1. The van der Waals surface area contributed by atoms with E-state index in [-0.39, 0.29) is 0 Å². The number of carbonyl (C=O) groups excluding carboxylic acids is 2. The summed E-state index contributed by atoms with van der Waals surface area (Å²) in [5.74, 6) is -2.49. The van der Waals surface area contributed by atoms with E-state index in [9.17, 15) is 14.4 Å². The third-order valence-electron chi connectivity index (χ3n) is 2.24. The number of unbranched alkanes of at least 4 members (excludes halogenated alkanes) is 1. The molecule has 0 bridgehead atoms. The fourth-order valence-corrected chi connectivity index (χ4v) is 1.25. The van der Waals surface area contributed by atoms with Crippen LogP contribution >= 0.6 is 0 Å². The zero-order chi connectivity index (χ0) is 13.4. The second-order valence-electron chi connectivity index (χ2n) is 3.81. The lowest BCUT2D eigenvalue weighted by Gasteiger charge is -2.17. The highest BCUT2D eigenvalue weighted by atomic mass is 16.4. The molecule has 0 aromatic rings. The summed E-state index contributed by atoms with van der Waals surface area (Å²) in [6.45, 7) is 1.94. The Morgan fingerprint density at radius 3 is 2.35 bits per heavy atom. The Morgan fingerprint density at radius 1 is 1.35 bits per heavy atom. The van der Waals surface area contributed by atoms with E-state index in [0.29, 0.717) is 6.42 Å². The molecule has 1 unspecified atom stereocenters. The van der Waals surface area contributed by atoms with E-state index in [4.69, 9.17) is 16.6 Å². The molecule has 0 saturated carbocycles. The number of amides is 2. The van der Waals surface area contributed by atoms with E-state index >= 15 is 0 Å². The van der Waals surface area contributed by atoms with Crippen LogP contribution in [0.25, 0.3) is 0 Å². The summed E-state index contributed by atoms with van der Waals surface area (Å²) in [7, 11) is 0. The number of nitrogens with one attached hydrogen (secondary N) is 1. The molecule has 0 saturated heterocycles. The number of hydrogen-bond donors (Lipinski definition) is 4. The molecule has 0 radical (unpaired) electrons. The summed E-state index contributed by atoms with van der Waals surface area (Å²) in [6.07, 6.45) is 1.55. The predicted molar refractivity (Wildman–Crippen MR) is 60.9 cm³/mol. The molecule has 17 heavy (non-hydrogen) atoms. The Kier molecular flexibility index (Phi) is 6.88. The highest BCUT2D eigenvalue weighted by molar-refractivity contribution is 5.90. The van der Waals surface area contributed by atoms with Crippen LogP contribution in [0.5, 0.6) is 0 Å². The molecule has 0 aliphatic carbocycles. The van der Waals surface area contributed by atoms with E-state index < -0.39 is 36.3 Å². The Bertz CT molecular complexity index is 293.